The number of hydrogen-bond acceptors (Lipinski definition) is 2. The van der Waals surface area contributed by atoms with Gasteiger partial charge in [0.1, 0.15) is 0 Å². The topological polar surface area (TPSA) is 29.1 Å². The molecule has 2 rings (SSSR count). The van der Waals surface area contributed by atoms with E-state index in [4.69, 9.17) is 0 Å². The van der Waals surface area contributed by atoms with Gasteiger partial charge in [0, 0.05) is 32.6 Å². The summed E-state index contributed by atoms with van der Waals surface area (Å²) in [4.78, 5) is 14.4. The average Bonchev–Trinajstić information content (AvgIpc) is 2.92. The second kappa shape index (κ2) is 4.72. The molecule has 2 atom stereocenters. The van der Waals surface area contributed by atoms with Crippen LogP contribution in [0.5, 0.6) is 0 Å². The summed E-state index contributed by atoms with van der Waals surface area (Å²) in [7, 11) is 0. The Balaban J connectivity index is 1.86. The van der Waals surface area contributed by atoms with Crippen LogP contribution in [-0.4, -0.2) is 12.5 Å². The molecule has 0 aromatic carbocycles. The van der Waals surface area contributed by atoms with Gasteiger partial charge in [-0.1, -0.05) is 22.5 Å². The van der Waals surface area contributed by atoms with Gasteiger partial charge in [-0.05, 0) is 25.5 Å². The Labute approximate surface area is 108 Å². The van der Waals surface area contributed by atoms with E-state index in [1.165, 1.54) is 9.75 Å². The van der Waals surface area contributed by atoms with Gasteiger partial charge < -0.3 is 5.32 Å². The Hall–Kier alpha value is -0.610. The van der Waals surface area contributed by atoms with Crippen molar-refractivity contribution in [3.8, 4) is 0 Å². The first-order chi connectivity index (χ1) is 7.58. The quantitative estimate of drug-likeness (QED) is 0.909. The van der Waals surface area contributed by atoms with Gasteiger partial charge in [-0.3, -0.25) is 4.79 Å². The molecule has 1 saturated carbocycles. The van der Waals surface area contributed by atoms with Gasteiger partial charge in [0.25, 0.3) is 0 Å². The van der Waals surface area contributed by atoms with Crippen LogP contribution < -0.4 is 5.32 Å². The van der Waals surface area contributed by atoms with Gasteiger partial charge in [-0.25, -0.2) is 0 Å². The molecule has 0 unspecified atom stereocenters. The predicted octanol–water partition coefficient (Wildman–Crippen LogP) is 3.18. The summed E-state index contributed by atoms with van der Waals surface area (Å²) in [6.07, 6.45) is 0.987. The molecule has 4 heteroatoms. The zero-order valence-corrected chi connectivity index (χ0v) is 11.5. The van der Waals surface area contributed by atoms with E-state index in [-0.39, 0.29) is 11.8 Å². The third-order valence-electron chi connectivity index (χ3n) is 2.71. The van der Waals surface area contributed by atoms with Gasteiger partial charge in [-0.2, -0.15) is 0 Å². The number of carbonyl (C=O) groups excluding carboxylic acids is 1. The third-order valence-corrected chi connectivity index (χ3v) is 4.12. The van der Waals surface area contributed by atoms with Crippen LogP contribution in [0.4, 0.5) is 0 Å². The number of carbonyl (C=O) groups is 1. The highest BCUT2D eigenvalue weighted by atomic mass is 79.9. The van der Waals surface area contributed by atoms with Crippen molar-refractivity contribution >= 4 is 33.2 Å². The molecule has 1 aliphatic carbocycles. The van der Waals surface area contributed by atoms with Gasteiger partial charge in [0.05, 0.1) is 0 Å². The Morgan fingerprint density at radius 3 is 3.00 bits per heavy atom. The molecule has 0 aliphatic heterocycles. The van der Waals surface area contributed by atoms with Crippen molar-refractivity contribution in [3.05, 3.63) is 32.9 Å². The number of rotatable bonds is 4. The monoisotopic (exact) mass is 299 g/mol. The molecule has 1 aromatic heterocycles. The minimum atomic E-state index is 0.150. The van der Waals surface area contributed by atoms with E-state index in [1.54, 1.807) is 11.3 Å². The lowest BCUT2D eigenvalue weighted by Crippen LogP contribution is -2.26. The highest BCUT2D eigenvalue weighted by Crippen LogP contribution is 2.49. The molecule has 1 heterocycles. The van der Waals surface area contributed by atoms with E-state index < -0.39 is 0 Å². The summed E-state index contributed by atoms with van der Waals surface area (Å²) >= 11 is 5.03. The fourth-order valence-corrected chi connectivity index (χ4v) is 2.96. The van der Waals surface area contributed by atoms with Crippen molar-refractivity contribution in [3.63, 3.8) is 0 Å². The summed E-state index contributed by atoms with van der Waals surface area (Å²) in [5.74, 6) is 0.767. The summed E-state index contributed by atoms with van der Waals surface area (Å²) in [5.41, 5.74) is 0. The third kappa shape index (κ3) is 2.74. The normalized spacial score (nSPS) is 22.9. The molecule has 0 radical (unpaired) electrons. The number of aryl methyl sites for hydroxylation is 1. The summed E-state index contributed by atoms with van der Waals surface area (Å²) in [6, 6.07) is 4.26. The second-order valence-electron chi connectivity index (χ2n) is 4.13. The molecule has 1 N–H and O–H groups in total. The fourth-order valence-electron chi connectivity index (χ4n) is 1.77. The van der Waals surface area contributed by atoms with Gasteiger partial charge in [-0.15, -0.1) is 11.3 Å². The number of hydrogen-bond donors (Lipinski definition) is 1. The molecular weight excluding hydrogens is 286 g/mol. The molecule has 1 aromatic rings. The summed E-state index contributed by atoms with van der Waals surface area (Å²) in [6.45, 7) is 6.31. The lowest BCUT2D eigenvalue weighted by atomic mass is 10.2. The number of amides is 1. The zero-order chi connectivity index (χ0) is 11.7. The van der Waals surface area contributed by atoms with Crippen molar-refractivity contribution < 1.29 is 4.79 Å². The summed E-state index contributed by atoms with van der Waals surface area (Å²) < 4.78 is 0.810. The molecule has 0 bridgehead atoms. The van der Waals surface area contributed by atoms with Crippen LogP contribution in [0.1, 0.15) is 22.1 Å². The van der Waals surface area contributed by atoms with Crippen LogP contribution in [-0.2, 0) is 4.79 Å². The largest absolute Gasteiger partial charge is 0.351 e. The maximum absolute atomic E-state index is 11.7. The Morgan fingerprint density at radius 2 is 2.44 bits per heavy atom. The van der Waals surface area contributed by atoms with Crippen molar-refractivity contribution in [2.75, 3.05) is 6.54 Å². The molecule has 0 saturated heterocycles. The molecule has 86 valence electrons. The van der Waals surface area contributed by atoms with Gasteiger partial charge in [0.2, 0.25) is 5.91 Å². The first kappa shape index (κ1) is 11.9. The first-order valence-electron chi connectivity index (χ1n) is 5.25. The molecule has 16 heavy (non-hydrogen) atoms. The highest BCUT2D eigenvalue weighted by Gasteiger charge is 2.44. The zero-order valence-electron chi connectivity index (χ0n) is 9.13. The van der Waals surface area contributed by atoms with E-state index in [1.807, 2.05) is 0 Å². The van der Waals surface area contributed by atoms with Crippen molar-refractivity contribution in [2.24, 2.45) is 5.92 Å². The van der Waals surface area contributed by atoms with E-state index >= 15 is 0 Å². The van der Waals surface area contributed by atoms with Crippen LogP contribution >= 0.6 is 27.3 Å². The van der Waals surface area contributed by atoms with E-state index in [2.05, 4.69) is 46.9 Å². The van der Waals surface area contributed by atoms with Crippen molar-refractivity contribution in [1.82, 2.24) is 5.32 Å². The van der Waals surface area contributed by atoms with Crippen molar-refractivity contribution in [2.45, 2.75) is 19.3 Å². The Morgan fingerprint density at radius 1 is 1.69 bits per heavy atom. The van der Waals surface area contributed by atoms with Crippen LogP contribution in [0.3, 0.4) is 0 Å². The SMILES string of the molecule is C=C(Br)CNC(=O)[C@H]1C[C@H]1c1ccc(C)s1. The summed E-state index contributed by atoms with van der Waals surface area (Å²) in [5, 5.41) is 2.87. The van der Waals surface area contributed by atoms with E-state index in [0.717, 1.165) is 10.9 Å². The molecule has 2 nitrogen and oxygen atoms in total. The lowest BCUT2D eigenvalue weighted by Gasteiger charge is -2.02. The minimum Gasteiger partial charge on any atom is -0.351 e. The van der Waals surface area contributed by atoms with Crippen LogP contribution in [0.2, 0.25) is 0 Å². The predicted molar refractivity (Wildman–Crippen MR) is 71.0 cm³/mol. The molecule has 1 aliphatic rings. The van der Waals surface area contributed by atoms with E-state index in [0.29, 0.717) is 12.5 Å². The second-order valence-corrected chi connectivity index (χ2v) is 6.57. The minimum absolute atomic E-state index is 0.150. The first-order valence-corrected chi connectivity index (χ1v) is 6.86. The fraction of sp³-hybridized carbons (Fsp3) is 0.417. The smallest absolute Gasteiger partial charge is 0.224 e. The van der Waals surface area contributed by atoms with Crippen LogP contribution in [0.25, 0.3) is 0 Å². The number of nitrogens with one attached hydrogen (secondary N) is 1. The van der Waals surface area contributed by atoms with Crippen LogP contribution in [0, 0.1) is 12.8 Å². The van der Waals surface area contributed by atoms with Crippen LogP contribution in [0.15, 0.2) is 23.2 Å². The molecule has 0 spiro atoms. The standard InChI is InChI=1S/C12H14BrNOS/c1-7(13)6-14-12(15)10-5-9(10)11-4-3-8(2)16-11/h3-4,9-10H,1,5-6H2,2H3,(H,14,15)/t9-,10+/m1/s1. The highest BCUT2D eigenvalue weighted by molar-refractivity contribution is 9.11. The Kier molecular flexibility index (Phi) is 3.50. The molecule has 1 fully saturated rings. The maximum Gasteiger partial charge on any atom is 0.224 e. The average molecular weight is 300 g/mol. The van der Waals surface area contributed by atoms with E-state index in [9.17, 15) is 4.79 Å². The number of halogens is 1. The molecule has 1 amide bonds. The molecular formula is C12H14BrNOS. The van der Waals surface area contributed by atoms with Crippen molar-refractivity contribution in [1.29, 1.82) is 0 Å². The maximum atomic E-state index is 11.7. The van der Waals surface area contributed by atoms with Gasteiger partial charge >= 0.3 is 0 Å². The number of thiophene rings is 1. The Bertz CT molecular complexity index is 426. The lowest BCUT2D eigenvalue weighted by molar-refractivity contribution is -0.122. The van der Waals surface area contributed by atoms with Gasteiger partial charge in [0.15, 0.2) is 0 Å².